The van der Waals surface area contributed by atoms with Crippen molar-refractivity contribution in [2.75, 3.05) is 24.7 Å². The molecule has 0 saturated heterocycles. The second-order valence-corrected chi connectivity index (χ2v) is 4.20. The van der Waals surface area contributed by atoms with Crippen LogP contribution in [0.5, 0.6) is 5.75 Å². The Morgan fingerprint density at radius 3 is 2.93 bits per heavy atom. The molecule has 0 saturated carbocycles. The highest BCUT2D eigenvalue weighted by Gasteiger charge is 2.02. The van der Waals surface area contributed by atoms with Gasteiger partial charge in [-0.2, -0.15) is 0 Å². The number of rotatable bonds is 6. The van der Waals surface area contributed by atoms with Crippen LogP contribution < -0.4 is 10.5 Å². The molecule has 0 radical (unpaired) electrons. The highest BCUT2D eigenvalue weighted by Crippen LogP contribution is 2.29. The molecule has 0 amide bonds. The van der Waals surface area contributed by atoms with Gasteiger partial charge in [-0.1, -0.05) is 0 Å². The van der Waals surface area contributed by atoms with Crippen LogP contribution in [0.15, 0.2) is 23.1 Å². The average Bonchev–Trinajstić information content (AvgIpc) is 2.23. The zero-order chi connectivity index (χ0) is 11.1. The normalized spacial score (nSPS) is 10.3. The van der Waals surface area contributed by atoms with E-state index in [1.165, 1.54) is 0 Å². The topological polar surface area (TPSA) is 55.5 Å². The van der Waals surface area contributed by atoms with Crippen molar-refractivity contribution in [1.82, 2.24) is 0 Å². The van der Waals surface area contributed by atoms with Gasteiger partial charge in [-0.05, 0) is 31.5 Å². The van der Waals surface area contributed by atoms with Gasteiger partial charge in [-0.15, -0.1) is 11.8 Å². The van der Waals surface area contributed by atoms with Gasteiger partial charge in [-0.25, -0.2) is 0 Å². The van der Waals surface area contributed by atoms with Gasteiger partial charge in [-0.3, -0.25) is 0 Å². The Balaban J connectivity index is 2.63. The summed E-state index contributed by atoms with van der Waals surface area (Å²) in [6.45, 7) is 2.83. The van der Waals surface area contributed by atoms with Gasteiger partial charge in [0.15, 0.2) is 0 Å². The van der Waals surface area contributed by atoms with E-state index < -0.39 is 0 Å². The van der Waals surface area contributed by atoms with Gasteiger partial charge in [0.25, 0.3) is 0 Å². The van der Waals surface area contributed by atoms with Gasteiger partial charge < -0.3 is 15.6 Å². The van der Waals surface area contributed by atoms with Crippen LogP contribution in [0.4, 0.5) is 5.69 Å². The summed E-state index contributed by atoms with van der Waals surface area (Å²) in [6.07, 6.45) is 0.781. The van der Waals surface area contributed by atoms with Crippen molar-refractivity contribution in [2.24, 2.45) is 0 Å². The van der Waals surface area contributed by atoms with E-state index in [4.69, 9.17) is 15.6 Å². The molecule has 0 aliphatic heterocycles. The molecule has 3 nitrogen and oxygen atoms in total. The van der Waals surface area contributed by atoms with Crippen LogP contribution in [0, 0.1) is 0 Å². The van der Waals surface area contributed by atoms with E-state index in [1.54, 1.807) is 11.8 Å². The number of aliphatic hydroxyl groups is 1. The summed E-state index contributed by atoms with van der Waals surface area (Å²) in [5.41, 5.74) is 6.59. The van der Waals surface area contributed by atoms with E-state index >= 15 is 0 Å². The zero-order valence-corrected chi connectivity index (χ0v) is 9.72. The first kappa shape index (κ1) is 12.2. The fraction of sp³-hybridized carbons (Fsp3) is 0.455. The van der Waals surface area contributed by atoms with E-state index in [9.17, 15) is 0 Å². The third-order valence-electron chi connectivity index (χ3n) is 1.86. The number of hydrogen-bond donors (Lipinski definition) is 2. The number of nitrogen functional groups attached to an aromatic ring is 1. The lowest BCUT2D eigenvalue weighted by Crippen LogP contribution is -1.95. The third-order valence-corrected chi connectivity index (χ3v) is 3.01. The quantitative estimate of drug-likeness (QED) is 0.444. The number of benzene rings is 1. The molecule has 1 rings (SSSR count). The summed E-state index contributed by atoms with van der Waals surface area (Å²) in [5.74, 6) is 1.72. The predicted octanol–water partition coefficient (Wildman–Crippen LogP) is 2.14. The lowest BCUT2D eigenvalue weighted by Gasteiger charge is -2.08. The maximum absolute atomic E-state index is 8.68. The number of aliphatic hydroxyl groups excluding tert-OH is 1. The molecule has 0 unspecified atom stereocenters. The molecule has 0 aliphatic rings. The SMILES string of the molecule is CCOc1ccc(N)c(SCCCO)c1. The number of anilines is 1. The van der Waals surface area contributed by atoms with Crippen LogP contribution in [-0.2, 0) is 0 Å². The summed E-state index contributed by atoms with van der Waals surface area (Å²) in [4.78, 5) is 1.02. The number of thioether (sulfide) groups is 1. The first-order valence-electron chi connectivity index (χ1n) is 5.04. The van der Waals surface area contributed by atoms with E-state index in [2.05, 4.69) is 0 Å². The maximum Gasteiger partial charge on any atom is 0.120 e. The maximum atomic E-state index is 8.68. The summed E-state index contributed by atoms with van der Waals surface area (Å²) in [6, 6.07) is 5.67. The molecule has 15 heavy (non-hydrogen) atoms. The first-order chi connectivity index (χ1) is 7.27. The van der Waals surface area contributed by atoms with Crippen molar-refractivity contribution >= 4 is 17.4 Å². The monoisotopic (exact) mass is 227 g/mol. The minimum absolute atomic E-state index is 0.220. The Morgan fingerprint density at radius 2 is 2.27 bits per heavy atom. The third kappa shape index (κ3) is 4.01. The van der Waals surface area contributed by atoms with Gasteiger partial charge in [0.05, 0.1) is 6.61 Å². The van der Waals surface area contributed by atoms with E-state index in [-0.39, 0.29) is 6.61 Å². The van der Waals surface area contributed by atoms with E-state index in [1.807, 2.05) is 25.1 Å². The zero-order valence-electron chi connectivity index (χ0n) is 8.90. The van der Waals surface area contributed by atoms with Crippen molar-refractivity contribution < 1.29 is 9.84 Å². The average molecular weight is 227 g/mol. The molecule has 3 N–H and O–H groups in total. The smallest absolute Gasteiger partial charge is 0.120 e. The molecular formula is C11H17NO2S. The minimum Gasteiger partial charge on any atom is -0.494 e. The van der Waals surface area contributed by atoms with Gasteiger partial charge in [0.2, 0.25) is 0 Å². The Kier molecular flexibility index (Phi) is 5.36. The molecule has 0 heterocycles. The largest absolute Gasteiger partial charge is 0.494 e. The van der Waals surface area contributed by atoms with Crippen molar-refractivity contribution in [2.45, 2.75) is 18.2 Å². The van der Waals surface area contributed by atoms with Crippen LogP contribution in [0.25, 0.3) is 0 Å². The fourth-order valence-corrected chi connectivity index (χ4v) is 2.07. The highest BCUT2D eigenvalue weighted by atomic mass is 32.2. The van der Waals surface area contributed by atoms with Crippen LogP contribution in [0.3, 0.4) is 0 Å². The molecular weight excluding hydrogens is 210 g/mol. The molecule has 0 aromatic heterocycles. The summed E-state index contributed by atoms with van der Waals surface area (Å²) in [7, 11) is 0. The molecule has 84 valence electrons. The lowest BCUT2D eigenvalue weighted by molar-refractivity contribution is 0.296. The molecule has 1 aromatic rings. The fourth-order valence-electron chi connectivity index (χ4n) is 1.14. The Morgan fingerprint density at radius 1 is 1.47 bits per heavy atom. The van der Waals surface area contributed by atoms with Crippen LogP contribution >= 0.6 is 11.8 Å². The number of hydrogen-bond acceptors (Lipinski definition) is 4. The first-order valence-corrected chi connectivity index (χ1v) is 6.02. The molecule has 0 aliphatic carbocycles. The number of nitrogens with two attached hydrogens (primary N) is 1. The van der Waals surface area contributed by atoms with Crippen molar-refractivity contribution in [3.05, 3.63) is 18.2 Å². The standard InChI is InChI=1S/C11H17NO2S/c1-2-14-9-4-5-10(12)11(8-9)15-7-3-6-13/h4-5,8,13H,2-3,6-7,12H2,1H3. The van der Waals surface area contributed by atoms with Crippen LogP contribution in [-0.4, -0.2) is 24.1 Å². The molecule has 0 spiro atoms. The summed E-state index contributed by atoms with van der Waals surface area (Å²) in [5, 5.41) is 8.68. The predicted molar refractivity (Wildman–Crippen MR) is 64.5 cm³/mol. The molecule has 4 heteroatoms. The lowest BCUT2D eigenvalue weighted by atomic mass is 10.3. The number of ether oxygens (including phenoxy) is 1. The molecule has 0 fully saturated rings. The molecule has 0 atom stereocenters. The minimum atomic E-state index is 0.220. The van der Waals surface area contributed by atoms with Crippen molar-refractivity contribution in [1.29, 1.82) is 0 Å². The Labute approximate surface area is 94.6 Å². The van der Waals surface area contributed by atoms with Gasteiger partial charge >= 0.3 is 0 Å². The molecule has 1 aromatic carbocycles. The summed E-state index contributed by atoms with van der Waals surface area (Å²) < 4.78 is 5.39. The Hall–Kier alpha value is -0.870. The van der Waals surface area contributed by atoms with E-state index in [0.29, 0.717) is 6.61 Å². The second kappa shape index (κ2) is 6.58. The van der Waals surface area contributed by atoms with Crippen molar-refractivity contribution in [3.63, 3.8) is 0 Å². The van der Waals surface area contributed by atoms with Crippen LogP contribution in [0.2, 0.25) is 0 Å². The second-order valence-electron chi connectivity index (χ2n) is 3.06. The Bertz CT molecular complexity index is 305. The van der Waals surface area contributed by atoms with Gasteiger partial charge in [0.1, 0.15) is 5.75 Å². The van der Waals surface area contributed by atoms with Gasteiger partial charge in [0, 0.05) is 22.9 Å². The highest BCUT2D eigenvalue weighted by molar-refractivity contribution is 7.99. The van der Waals surface area contributed by atoms with Crippen LogP contribution in [0.1, 0.15) is 13.3 Å². The van der Waals surface area contributed by atoms with Crippen molar-refractivity contribution in [3.8, 4) is 5.75 Å². The summed E-state index contributed by atoms with van der Waals surface area (Å²) >= 11 is 1.65. The van der Waals surface area contributed by atoms with E-state index in [0.717, 1.165) is 28.5 Å². The molecule has 0 bridgehead atoms.